The minimum atomic E-state index is -0.892. The Morgan fingerprint density at radius 2 is 2.00 bits per heavy atom. The zero-order valence-corrected chi connectivity index (χ0v) is 11.6. The van der Waals surface area contributed by atoms with Crippen LogP contribution in [0.5, 0.6) is 0 Å². The fourth-order valence-electron chi connectivity index (χ4n) is 1.50. The highest BCUT2D eigenvalue weighted by atomic mass is 35.5. The number of nitrogens with one attached hydrogen (secondary N) is 1. The van der Waals surface area contributed by atoms with Gasteiger partial charge in [-0.2, -0.15) is 0 Å². The average Bonchev–Trinajstić information content (AvgIpc) is 2.36. The lowest BCUT2D eigenvalue weighted by atomic mass is 10.0. The van der Waals surface area contributed by atoms with Crippen LogP contribution in [0.25, 0.3) is 0 Å². The van der Waals surface area contributed by atoms with Crippen LogP contribution in [-0.4, -0.2) is 24.4 Å². The number of aliphatic hydroxyl groups is 1. The zero-order valence-electron chi connectivity index (χ0n) is 10.1. The molecular weight excluding hydrogens is 277 g/mol. The molecule has 1 amide bonds. The number of benzene rings is 1. The molecule has 0 radical (unpaired) electrons. The van der Waals surface area contributed by atoms with Crippen molar-refractivity contribution < 1.29 is 14.6 Å². The van der Waals surface area contributed by atoms with Gasteiger partial charge in [-0.15, -0.1) is 0 Å². The molecule has 4 nitrogen and oxygen atoms in total. The molecule has 0 aromatic heterocycles. The Morgan fingerprint density at radius 3 is 2.44 bits per heavy atom. The molecule has 0 fully saturated rings. The van der Waals surface area contributed by atoms with Gasteiger partial charge in [0, 0.05) is 22.7 Å². The molecule has 0 saturated heterocycles. The van der Waals surface area contributed by atoms with E-state index in [1.807, 2.05) is 0 Å². The zero-order chi connectivity index (χ0) is 13.7. The number of hydrogen-bond acceptors (Lipinski definition) is 3. The predicted octanol–water partition coefficient (Wildman–Crippen LogP) is 3.16. The van der Waals surface area contributed by atoms with Gasteiger partial charge >= 0.3 is 6.09 Å². The third-order valence-corrected chi connectivity index (χ3v) is 3.15. The van der Waals surface area contributed by atoms with Crippen LogP contribution in [-0.2, 0) is 4.74 Å². The highest BCUT2D eigenvalue weighted by Crippen LogP contribution is 2.35. The molecule has 2 atom stereocenters. The summed E-state index contributed by atoms with van der Waals surface area (Å²) in [5, 5.41) is 13.0. The fraction of sp³-hybridized carbons (Fsp3) is 0.417. The second-order valence-electron chi connectivity index (χ2n) is 3.69. The van der Waals surface area contributed by atoms with E-state index in [4.69, 9.17) is 27.9 Å². The number of carbonyl (C=O) groups excluding carboxylic acids is 1. The van der Waals surface area contributed by atoms with Gasteiger partial charge in [-0.25, -0.2) is 4.79 Å². The first kappa shape index (κ1) is 15.1. The van der Waals surface area contributed by atoms with Crippen molar-refractivity contribution in [1.29, 1.82) is 0 Å². The van der Waals surface area contributed by atoms with Crippen molar-refractivity contribution in [2.45, 2.75) is 25.6 Å². The molecule has 2 N–H and O–H groups in total. The number of aliphatic hydroxyl groups excluding tert-OH is 1. The summed E-state index contributed by atoms with van der Waals surface area (Å²) in [6.07, 6.45) is -2.01. The molecule has 1 aromatic carbocycles. The van der Waals surface area contributed by atoms with E-state index >= 15 is 0 Å². The van der Waals surface area contributed by atoms with E-state index in [9.17, 15) is 9.90 Å². The molecular formula is C12H15Cl2NO3. The SMILES string of the molecule is CC[C@H](O)[C@@H](OC(=O)NC)c1c(Cl)cccc1Cl. The number of rotatable bonds is 4. The summed E-state index contributed by atoms with van der Waals surface area (Å²) in [6, 6.07) is 4.94. The summed E-state index contributed by atoms with van der Waals surface area (Å²) in [5.74, 6) is 0. The smallest absolute Gasteiger partial charge is 0.407 e. The highest BCUT2D eigenvalue weighted by molar-refractivity contribution is 6.36. The first-order valence-corrected chi connectivity index (χ1v) is 6.27. The first-order valence-electron chi connectivity index (χ1n) is 5.51. The molecule has 1 aromatic rings. The molecule has 0 unspecified atom stereocenters. The molecule has 18 heavy (non-hydrogen) atoms. The number of alkyl carbamates (subject to hydrolysis) is 1. The normalized spacial score (nSPS) is 13.8. The van der Waals surface area contributed by atoms with E-state index in [0.717, 1.165) is 0 Å². The van der Waals surface area contributed by atoms with Gasteiger partial charge < -0.3 is 15.2 Å². The third-order valence-electron chi connectivity index (χ3n) is 2.49. The number of halogens is 2. The number of ether oxygens (including phenoxy) is 1. The second-order valence-corrected chi connectivity index (χ2v) is 4.50. The predicted molar refractivity (Wildman–Crippen MR) is 71.0 cm³/mol. The van der Waals surface area contributed by atoms with Crippen LogP contribution < -0.4 is 5.32 Å². The van der Waals surface area contributed by atoms with Gasteiger partial charge in [0.1, 0.15) is 0 Å². The minimum Gasteiger partial charge on any atom is -0.438 e. The van der Waals surface area contributed by atoms with E-state index in [-0.39, 0.29) is 0 Å². The third kappa shape index (κ3) is 3.51. The number of amides is 1. The Kier molecular flexibility index (Phi) is 5.72. The summed E-state index contributed by atoms with van der Waals surface area (Å²) in [4.78, 5) is 11.3. The topological polar surface area (TPSA) is 58.6 Å². The Morgan fingerprint density at radius 1 is 1.44 bits per heavy atom. The Balaban J connectivity index is 3.13. The second kappa shape index (κ2) is 6.83. The van der Waals surface area contributed by atoms with E-state index in [1.54, 1.807) is 25.1 Å². The van der Waals surface area contributed by atoms with Gasteiger partial charge in [0.25, 0.3) is 0 Å². The van der Waals surface area contributed by atoms with Crippen LogP contribution in [0.15, 0.2) is 18.2 Å². The maximum absolute atomic E-state index is 11.3. The summed E-state index contributed by atoms with van der Waals surface area (Å²) in [5.41, 5.74) is 0.416. The molecule has 0 aliphatic carbocycles. The van der Waals surface area contributed by atoms with E-state index in [2.05, 4.69) is 5.32 Å². The molecule has 0 aliphatic rings. The van der Waals surface area contributed by atoms with Crippen molar-refractivity contribution >= 4 is 29.3 Å². The standard InChI is InChI=1S/C12H15Cl2NO3/c1-3-9(16)11(18-12(17)15-2)10-7(13)5-4-6-8(10)14/h4-6,9,11,16H,3H2,1-2H3,(H,15,17)/t9-,11+/m0/s1. The van der Waals surface area contributed by atoms with Gasteiger partial charge in [-0.05, 0) is 18.6 Å². The van der Waals surface area contributed by atoms with Gasteiger partial charge in [-0.1, -0.05) is 36.2 Å². The highest BCUT2D eigenvalue weighted by Gasteiger charge is 2.28. The lowest BCUT2D eigenvalue weighted by Gasteiger charge is -2.24. The van der Waals surface area contributed by atoms with E-state index in [1.165, 1.54) is 7.05 Å². The summed E-state index contributed by atoms with van der Waals surface area (Å²) in [7, 11) is 1.44. The van der Waals surface area contributed by atoms with Crippen molar-refractivity contribution in [3.05, 3.63) is 33.8 Å². The molecule has 0 bridgehead atoms. The minimum absolute atomic E-state index is 0.351. The van der Waals surface area contributed by atoms with Crippen LogP contribution >= 0.6 is 23.2 Å². The summed E-state index contributed by atoms with van der Waals surface area (Å²) < 4.78 is 5.13. The van der Waals surface area contributed by atoms with Crippen molar-refractivity contribution in [2.24, 2.45) is 0 Å². The lowest BCUT2D eigenvalue weighted by Crippen LogP contribution is -2.28. The molecule has 0 saturated carbocycles. The van der Waals surface area contributed by atoms with Crippen molar-refractivity contribution in [1.82, 2.24) is 5.32 Å². The molecule has 1 rings (SSSR count). The van der Waals surface area contributed by atoms with Crippen LogP contribution in [0.2, 0.25) is 10.0 Å². The molecule has 0 spiro atoms. The number of carbonyl (C=O) groups is 1. The number of hydrogen-bond donors (Lipinski definition) is 2. The van der Waals surface area contributed by atoms with E-state index in [0.29, 0.717) is 22.0 Å². The van der Waals surface area contributed by atoms with Gasteiger partial charge in [0.2, 0.25) is 0 Å². The average molecular weight is 292 g/mol. The molecule has 100 valence electrons. The van der Waals surface area contributed by atoms with Crippen LogP contribution in [0, 0.1) is 0 Å². The quantitative estimate of drug-likeness (QED) is 0.896. The maximum atomic E-state index is 11.3. The Labute approximate surface area is 116 Å². The largest absolute Gasteiger partial charge is 0.438 e. The summed E-state index contributed by atoms with van der Waals surface area (Å²) >= 11 is 12.1. The molecule has 6 heteroatoms. The lowest BCUT2D eigenvalue weighted by molar-refractivity contribution is 0.000525. The van der Waals surface area contributed by atoms with Crippen molar-refractivity contribution in [2.75, 3.05) is 7.05 Å². The van der Waals surface area contributed by atoms with Gasteiger partial charge in [0.05, 0.1) is 6.10 Å². The summed E-state index contributed by atoms with van der Waals surface area (Å²) in [6.45, 7) is 1.77. The van der Waals surface area contributed by atoms with Gasteiger partial charge in [0.15, 0.2) is 6.10 Å². The van der Waals surface area contributed by atoms with Crippen molar-refractivity contribution in [3.63, 3.8) is 0 Å². The maximum Gasteiger partial charge on any atom is 0.407 e. The van der Waals surface area contributed by atoms with Gasteiger partial charge in [-0.3, -0.25) is 0 Å². The van der Waals surface area contributed by atoms with Crippen LogP contribution in [0.1, 0.15) is 25.0 Å². The Hall–Kier alpha value is -0.970. The Bertz CT molecular complexity index is 406. The fourth-order valence-corrected chi connectivity index (χ4v) is 2.11. The molecule has 0 aliphatic heterocycles. The monoisotopic (exact) mass is 291 g/mol. The molecule has 0 heterocycles. The van der Waals surface area contributed by atoms with Crippen molar-refractivity contribution in [3.8, 4) is 0 Å². The van der Waals surface area contributed by atoms with E-state index < -0.39 is 18.3 Å². The van der Waals surface area contributed by atoms with Crippen LogP contribution in [0.4, 0.5) is 4.79 Å². The van der Waals surface area contributed by atoms with Crippen LogP contribution in [0.3, 0.4) is 0 Å². The first-order chi connectivity index (χ1) is 8.51.